The van der Waals surface area contributed by atoms with Crippen molar-refractivity contribution in [2.75, 3.05) is 13.2 Å². The van der Waals surface area contributed by atoms with Crippen molar-refractivity contribution >= 4 is 11.6 Å². The van der Waals surface area contributed by atoms with Crippen LogP contribution < -0.4 is 0 Å². The Labute approximate surface area is 188 Å². The number of Topliss-reactive ketones (excluding diaryl/α,β-unsaturated/α-hetero) is 2. The third kappa shape index (κ3) is 7.62. The molecule has 2 saturated heterocycles. The number of ether oxygens (including phenoxy) is 4. The average Bonchev–Trinajstić information content (AvgIpc) is 2.70. The highest BCUT2D eigenvalue weighted by Gasteiger charge is 2.46. The van der Waals surface area contributed by atoms with E-state index in [1.54, 1.807) is 6.92 Å². The molecule has 2 rings (SSSR count). The van der Waals surface area contributed by atoms with Crippen LogP contribution in [-0.2, 0) is 28.5 Å². The number of carbonyl (C=O) groups is 2. The number of rotatable bonds is 11. The second kappa shape index (κ2) is 11.4. The van der Waals surface area contributed by atoms with Crippen LogP contribution in [-0.4, -0.2) is 49.1 Å². The second-order valence-corrected chi connectivity index (χ2v) is 10.5. The number of ketones is 2. The minimum absolute atomic E-state index is 0.145. The first kappa shape index (κ1) is 26.4. The highest BCUT2D eigenvalue weighted by atomic mass is 16.7. The summed E-state index contributed by atoms with van der Waals surface area (Å²) in [6.45, 7) is 14.8. The Balaban J connectivity index is 2.13. The lowest BCUT2D eigenvalue weighted by Gasteiger charge is -2.44. The minimum atomic E-state index is -0.685. The van der Waals surface area contributed by atoms with Crippen molar-refractivity contribution in [3.63, 3.8) is 0 Å². The zero-order valence-electron chi connectivity index (χ0n) is 20.7. The summed E-state index contributed by atoms with van der Waals surface area (Å²) in [5.74, 6) is -0.497. The van der Waals surface area contributed by atoms with E-state index in [1.165, 1.54) is 0 Å². The highest BCUT2D eigenvalue weighted by Crippen LogP contribution is 2.38. The van der Waals surface area contributed by atoms with Gasteiger partial charge in [-0.15, -0.1) is 0 Å². The molecule has 0 amide bonds. The predicted molar refractivity (Wildman–Crippen MR) is 120 cm³/mol. The molecule has 2 aliphatic heterocycles. The van der Waals surface area contributed by atoms with E-state index in [2.05, 4.69) is 6.92 Å². The van der Waals surface area contributed by atoms with Crippen LogP contribution in [0.2, 0.25) is 0 Å². The van der Waals surface area contributed by atoms with Crippen molar-refractivity contribution in [3.05, 3.63) is 0 Å². The molecule has 0 radical (unpaired) electrons. The van der Waals surface area contributed by atoms with Gasteiger partial charge in [-0.3, -0.25) is 4.79 Å². The van der Waals surface area contributed by atoms with E-state index < -0.39 is 11.2 Å². The molecular weight excluding hydrogens is 396 g/mol. The van der Waals surface area contributed by atoms with Gasteiger partial charge >= 0.3 is 0 Å². The quantitative estimate of drug-likeness (QED) is 0.447. The third-order valence-electron chi connectivity index (χ3n) is 6.80. The summed E-state index contributed by atoms with van der Waals surface area (Å²) >= 11 is 0. The highest BCUT2D eigenvalue weighted by molar-refractivity contribution is 5.87. The summed E-state index contributed by atoms with van der Waals surface area (Å²) in [7, 11) is 0. The zero-order chi connectivity index (χ0) is 23.2. The van der Waals surface area contributed by atoms with Crippen LogP contribution in [0.3, 0.4) is 0 Å². The average molecular weight is 441 g/mol. The Morgan fingerprint density at radius 1 is 1.13 bits per heavy atom. The summed E-state index contributed by atoms with van der Waals surface area (Å²) < 4.78 is 24.1. The van der Waals surface area contributed by atoms with E-state index in [-0.39, 0.29) is 41.9 Å². The molecule has 0 aromatic carbocycles. The monoisotopic (exact) mass is 440 g/mol. The van der Waals surface area contributed by atoms with Crippen molar-refractivity contribution in [1.82, 2.24) is 0 Å². The molecule has 2 aliphatic rings. The molecular formula is C25H44O6. The van der Waals surface area contributed by atoms with Gasteiger partial charge in [-0.2, -0.15) is 0 Å². The van der Waals surface area contributed by atoms with Gasteiger partial charge in [0, 0.05) is 18.9 Å². The molecule has 180 valence electrons. The largest absolute Gasteiger partial charge is 0.353 e. The summed E-state index contributed by atoms with van der Waals surface area (Å²) in [6, 6.07) is 0. The van der Waals surface area contributed by atoms with Crippen LogP contribution >= 0.6 is 0 Å². The first-order valence-electron chi connectivity index (χ1n) is 12.1. The van der Waals surface area contributed by atoms with Crippen molar-refractivity contribution < 1.29 is 28.5 Å². The van der Waals surface area contributed by atoms with E-state index in [1.807, 2.05) is 34.6 Å². The summed E-state index contributed by atoms with van der Waals surface area (Å²) in [5.41, 5.74) is -0.658. The van der Waals surface area contributed by atoms with E-state index in [0.717, 1.165) is 32.1 Å². The van der Waals surface area contributed by atoms with Crippen LogP contribution in [0.5, 0.6) is 0 Å². The number of carbonyl (C=O) groups excluding carboxylic acids is 2. The van der Waals surface area contributed by atoms with E-state index in [0.29, 0.717) is 26.1 Å². The van der Waals surface area contributed by atoms with Crippen molar-refractivity contribution in [2.24, 2.45) is 17.3 Å². The van der Waals surface area contributed by atoms with Crippen molar-refractivity contribution in [2.45, 2.75) is 118 Å². The molecule has 6 nitrogen and oxygen atoms in total. The van der Waals surface area contributed by atoms with Gasteiger partial charge in [0.15, 0.2) is 12.1 Å². The van der Waals surface area contributed by atoms with Crippen LogP contribution in [0.25, 0.3) is 0 Å². The summed E-state index contributed by atoms with van der Waals surface area (Å²) in [6.07, 6.45) is 5.19. The van der Waals surface area contributed by atoms with Crippen molar-refractivity contribution in [1.29, 1.82) is 0 Å². The SMILES string of the molecule is CC(=O)CCC[C@H](C)C(OC1CCCCO1)[C@@H](C)C(=O)C(C)(C)[C@@H]1CCOC(C)(C)O1. The molecule has 2 unspecified atom stereocenters. The Morgan fingerprint density at radius 2 is 1.84 bits per heavy atom. The van der Waals surface area contributed by atoms with Gasteiger partial charge in [0.25, 0.3) is 0 Å². The fourth-order valence-corrected chi connectivity index (χ4v) is 4.83. The lowest BCUT2D eigenvalue weighted by atomic mass is 9.72. The maximum absolute atomic E-state index is 13.7. The molecule has 0 saturated carbocycles. The summed E-state index contributed by atoms with van der Waals surface area (Å²) in [5, 5.41) is 0. The van der Waals surface area contributed by atoms with Crippen LogP contribution in [0, 0.1) is 17.3 Å². The van der Waals surface area contributed by atoms with E-state index in [9.17, 15) is 9.59 Å². The minimum Gasteiger partial charge on any atom is -0.353 e. The summed E-state index contributed by atoms with van der Waals surface area (Å²) in [4.78, 5) is 25.1. The first-order valence-corrected chi connectivity index (χ1v) is 12.1. The van der Waals surface area contributed by atoms with Gasteiger partial charge in [0.2, 0.25) is 0 Å². The lowest BCUT2D eigenvalue weighted by molar-refractivity contribution is -0.289. The molecule has 2 heterocycles. The van der Waals surface area contributed by atoms with Gasteiger partial charge in [0.05, 0.1) is 24.2 Å². The van der Waals surface area contributed by atoms with Gasteiger partial charge in [0.1, 0.15) is 11.6 Å². The van der Waals surface area contributed by atoms with E-state index >= 15 is 0 Å². The van der Waals surface area contributed by atoms with Gasteiger partial charge in [-0.1, -0.05) is 27.7 Å². The Bertz CT molecular complexity index is 593. The number of hydrogen-bond donors (Lipinski definition) is 0. The molecule has 0 N–H and O–H groups in total. The predicted octanol–water partition coefficient (Wildman–Crippen LogP) is 5.07. The fourth-order valence-electron chi connectivity index (χ4n) is 4.83. The molecule has 0 aliphatic carbocycles. The second-order valence-electron chi connectivity index (χ2n) is 10.5. The normalized spacial score (nSPS) is 27.3. The van der Waals surface area contributed by atoms with E-state index in [4.69, 9.17) is 18.9 Å². The smallest absolute Gasteiger partial charge is 0.163 e. The number of hydrogen-bond acceptors (Lipinski definition) is 6. The molecule has 5 atom stereocenters. The molecule has 0 bridgehead atoms. The maximum Gasteiger partial charge on any atom is 0.163 e. The van der Waals surface area contributed by atoms with Gasteiger partial charge in [-0.25, -0.2) is 0 Å². The lowest BCUT2D eigenvalue weighted by Crippen LogP contribution is -2.52. The fraction of sp³-hybridized carbons (Fsp3) is 0.920. The molecule has 6 heteroatoms. The molecule has 0 aromatic heterocycles. The third-order valence-corrected chi connectivity index (χ3v) is 6.80. The Hall–Kier alpha value is -0.820. The molecule has 0 spiro atoms. The molecule has 31 heavy (non-hydrogen) atoms. The Kier molecular flexibility index (Phi) is 9.68. The Morgan fingerprint density at radius 3 is 2.42 bits per heavy atom. The maximum atomic E-state index is 13.7. The topological polar surface area (TPSA) is 71.1 Å². The van der Waals surface area contributed by atoms with Crippen LogP contribution in [0.15, 0.2) is 0 Å². The molecule has 2 fully saturated rings. The molecule has 0 aromatic rings. The van der Waals surface area contributed by atoms with Crippen LogP contribution in [0.1, 0.15) is 93.4 Å². The van der Waals surface area contributed by atoms with Gasteiger partial charge < -0.3 is 23.7 Å². The standard InChI is InChI=1S/C25H44O6/c1-17(11-10-12-18(2)26)22(30-21-13-8-9-15-28-21)19(3)23(27)24(4,5)20-14-16-29-25(6,7)31-20/h17,19-22H,8-16H2,1-7H3/t17-,19+,20-,21?,22?/m0/s1. The van der Waals surface area contributed by atoms with Crippen LogP contribution in [0.4, 0.5) is 0 Å². The van der Waals surface area contributed by atoms with Gasteiger partial charge in [-0.05, 0) is 65.2 Å². The zero-order valence-corrected chi connectivity index (χ0v) is 20.7. The van der Waals surface area contributed by atoms with Crippen molar-refractivity contribution in [3.8, 4) is 0 Å². The first-order chi connectivity index (χ1) is 14.4.